The summed E-state index contributed by atoms with van der Waals surface area (Å²) < 4.78 is 9.57. The highest BCUT2D eigenvalue weighted by Crippen LogP contribution is 2.29. The molecule has 0 unspecified atom stereocenters. The number of carbonyl (C=O) groups is 1. The largest absolute Gasteiger partial charge is 0.371 e. The number of rotatable bonds is 6. The van der Waals surface area contributed by atoms with Gasteiger partial charge in [-0.1, -0.05) is 6.07 Å². The number of urea groups is 1. The molecule has 9 nitrogen and oxygen atoms in total. The SMILES string of the molecule is CC(C)n1cc([C@@H]2OCC[C@H]2NC(=O)NCc2ccc(-n3ccnc3)nc2)cn1. The van der Waals surface area contributed by atoms with Crippen LogP contribution in [0.5, 0.6) is 0 Å². The van der Waals surface area contributed by atoms with Gasteiger partial charge in [-0.15, -0.1) is 0 Å². The summed E-state index contributed by atoms with van der Waals surface area (Å²) in [6.07, 6.45) is 11.4. The molecule has 0 saturated carbocycles. The number of pyridine rings is 1. The van der Waals surface area contributed by atoms with Gasteiger partial charge in [-0.3, -0.25) is 9.25 Å². The first-order valence-electron chi connectivity index (χ1n) is 9.73. The van der Waals surface area contributed by atoms with Gasteiger partial charge >= 0.3 is 6.03 Å². The molecular weight excluding hydrogens is 370 g/mol. The summed E-state index contributed by atoms with van der Waals surface area (Å²) in [5, 5.41) is 10.3. The van der Waals surface area contributed by atoms with Gasteiger partial charge in [-0.05, 0) is 31.9 Å². The number of nitrogens with one attached hydrogen (secondary N) is 2. The summed E-state index contributed by atoms with van der Waals surface area (Å²) in [6.45, 7) is 5.16. The third-order valence-electron chi connectivity index (χ3n) is 4.92. The van der Waals surface area contributed by atoms with E-state index in [4.69, 9.17) is 4.74 Å². The van der Waals surface area contributed by atoms with Crippen LogP contribution in [0, 0.1) is 0 Å². The standard InChI is InChI=1S/C20H25N7O2/c1-14(2)27-12-16(11-24-27)19-17(5-8-29-19)25-20(28)23-10-15-3-4-18(22-9-15)26-7-6-21-13-26/h3-4,6-7,9,11-14,17,19H,5,8,10H2,1-2H3,(H2,23,25,28)/t17-,19+/m1/s1. The van der Waals surface area contributed by atoms with Crippen molar-refractivity contribution in [1.82, 2.24) is 34.9 Å². The molecule has 0 radical (unpaired) electrons. The van der Waals surface area contributed by atoms with Crippen LogP contribution in [0.15, 0.2) is 49.4 Å². The Hall–Kier alpha value is -3.20. The minimum absolute atomic E-state index is 0.0819. The fraction of sp³-hybridized carbons (Fsp3) is 0.400. The third kappa shape index (κ3) is 4.45. The first-order valence-corrected chi connectivity index (χ1v) is 9.73. The summed E-state index contributed by atoms with van der Waals surface area (Å²) in [6, 6.07) is 3.81. The van der Waals surface area contributed by atoms with Gasteiger partial charge in [0.25, 0.3) is 0 Å². The second-order valence-corrected chi connectivity index (χ2v) is 7.36. The quantitative estimate of drug-likeness (QED) is 0.668. The minimum atomic E-state index is -0.222. The molecule has 1 fully saturated rings. The average molecular weight is 395 g/mol. The zero-order chi connectivity index (χ0) is 20.2. The highest BCUT2D eigenvalue weighted by Gasteiger charge is 2.32. The van der Waals surface area contributed by atoms with Crippen molar-refractivity contribution in [3.05, 3.63) is 60.6 Å². The van der Waals surface area contributed by atoms with Gasteiger partial charge in [0.1, 0.15) is 18.2 Å². The Bertz CT molecular complexity index is 934. The average Bonchev–Trinajstić information content (AvgIpc) is 3.47. The monoisotopic (exact) mass is 395 g/mol. The van der Waals surface area contributed by atoms with Crippen LogP contribution in [-0.2, 0) is 11.3 Å². The van der Waals surface area contributed by atoms with Gasteiger partial charge in [0.15, 0.2) is 0 Å². The molecular formula is C20H25N7O2. The lowest BCUT2D eigenvalue weighted by molar-refractivity contribution is 0.0998. The number of hydrogen-bond donors (Lipinski definition) is 2. The number of nitrogens with zero attached hydrogens (tertiary/aromatic N) is 5. The summed E-state index contributed by atoms with van der Waals surface area (Å²) >= 11 is 0. The van der Waals surface area contributed by atoms with Crippen molar-refractivity contribution >= 4 is 6.03 Å². The molecule has 0 aliphatic carbocycles. The maximum Gasteiger partial charge on any atom is 0.315 e. The summed E-state index contributed by atoms with van der Waals surface area (Å²) in [5.74, 6) is 0.781. The number of imidazole rings is 1. The lowest BCUT2D eigenvalue weighted by Crippen LogP contribution is -2.43. The van der Waals surface area contributed by atoms with Crippen LogP contribution >= 0.6 is 0 Å². The second-order valence-electron chi connectivity index (χ2n) is 7.36. The number of ether oxygens (including phenoxy) is 1. The fourth-order valence-electron chi connectivity index (χ4n) is 3.32. The minimum Gasteiger partial charge on any atom is -0.371 e. The molecule has 2 atom stereocenters. The van der Waals surface area contributed by atoms with E-state index < -0.39 is 0 Å². The number of aromatic nitrogens is 5. The molecule has 4 rings (SSSR count). The lowest BCUT2D eigenvalue weighted by Gasteiger charge is -2.19. The molecule has 1 aliphatic heterocycles. The number of carbonyl (C=O) groups excluding carboxylic acids is 1. The second kappa shape index (κ2) is 8.44. The van der Waals surface area contributed by atoms with E-state index in [0.717, 1.165) is 23.4 Å². The van der Waals surface area contributed by atoms with E-state index in [9.17, 15) is 4.79 Å². The molecule has 3 aromatic rings. The van der Waals surface area contributed by atoms with E-state index in [1.54, 1.807) is 18.7 Å². The Balaban J connectivity index is 1.30. The van der Waals surface area contributed by atoms with Crippen LogP contribution in [0.3, 0.4) is 0 Å². The van der Waals surface area contributed by atoms with E-state index in [2.05, 4.69) is 39.5 Å². The maximum absolute atomic E-state index is 12.4. The molecule has 0 aromatic carbocycles. The number of amides is 2. The molecule has 1 aliphatic rings. The van der Waals surface area contributed by atoms with Gasteiger partial charge in [0.05, 0.1) is 12.2 Å². The van der Waals surface area contributed by atoms with Crippen molar-refractivity contribution in [3.63, 3.8) is 0 Å². The number of hydrogen-bond acceptors (Lipinski definition) is 5. The van der Waals surface area contributed by atoms with Gasteiger partial charge in [-0.2, -0.15) is 5.10 Å². The normalized spacial score (nSPS) is 18.9. The van der Waals surface area contributed by atoms with Gasteiger partial charge in [0.2, 0.25) is 0 Å². The van der Waals surface area contributed by atoms with Crippen molar-refractivity contribution in [2.75, 3.05) is 6.61 Å². The highest BCUT2D eigenvalue weighted by atomic mass is 16.5. The molecule has 0 bridgehead atoms. The summed E-state index contributed by atoms with van der Waals surface area (Å²) in [4.78, 5) is 20.8. The zero-order valence-electron chi connectivity index (χ0n) is 16.5. The highest BCUT2D eigenvalue weighted by molar-refractivity contribution is 5.74. The maximum atomic E-state index is 12.4. The van der Waals surface area contributed by atoms with Crippen molar-refractivity contribution in [1.29, 1.82) is 0 Å². The van der Waals surface area contributed by atoms with Crippen LogP contribution in [0.1, 0.15) is 43.5 Å². The molecule has 3 aromatic heterocycles. The van der Waals surface area contributed by atoms with Crippen LogP contribution < -0.4 is 10.6 Å². The summed E-state index contributed by atoms with van der Waals surface area (Å²) in [7, 11) is 0. The molecule has 4 heterocycles. The lowest BCUT2D eigenvalue weighted by atomic mass is 10.1. The van der Waals surface area contributed by atoms with Crippen molar-refractivity contribution in [2.24, 2.45) is 0 Å². The molecule has 29 heavy (non-hydrogen) atoms. The van der Waals surface area contributed by atoms with E-state index >= 15 is 0 Å². The Morgan fingerprint density at radius 1 is 1.34 bits per heavy atom. The van der Waals surface area contributed by atoms with E-state index in [1.165, 1.54) is 0 Å². The first-order chi connectivity index (χ1) is 14.1. The van der Waals surface area contributed by atoms with Crippen molar-refractivity contribution in [3.8, 4) is 5.82 Å². The predicted octanol–water partition coefficient (Wildman–Crippen LogP) is 2.37. The topological polar surface area (TPSA) is 98.9 Å². The van der Waals surface area contributed by atoms with Crippen LogP contribution in [0.4, 0.5) is 4.79 Å². The van der Waals surface area contributed by atoms with Crippen LogP contribution in [0.2, 0.25) is 0 Å². The molecule has 1 saturated heterocycles. The first kappa shape index (κ1) is 19.1. The van der Waals surface area contributed by atoms with Crippen molar-refractivity contribution < 1.29 is 9.53 Å². The molecule has 0 spiro atoms. The van der Waals surface area contributed by atoms with E-state index in [0.29, 0.717) is 13.2 Å². The molecule has 2 N–H and O–H groups in total. The van der Waals surface area contributed by atoms with Gasteiger partial charge in [-0.25, -0.2) is 14.8 Å². The Kier molecular flexibility index (Phi) is 5.57. The third-order valence-corrected chi connectivity index (χ3v) is 4.92. The summed E-state index contributed by atoms with van der Waals surface area (Å²) in [5.41, 5.74) is 1.90. The fourth-order valence-corrected chi connectivity index (χ4v) is 3.32. The van der Waals surface area contributed by atoms with Crippen molar-refractivity contribution in [2.45, 2.75) is 45.0 Å². The zero-order valence-corrected chi connectivity index (χ0v) is 16.5. The Labute approximate surface area is 169 Å². The predicted molar refractivity (Wildman–Crippen MR) is 106 cm³/mol. The van der Waals surface area contributed by atoms with Gasteiger partial charge in [0, 0.05) is 49.5 Å². The Morgan fingerprint density at radius 2 is 2.24 bits per heavy atom. The van der Waals surface area contributed by atoms with E-state index in [1.807, 2.05) is 40.0 Å². The van der Waals surface area contributed by atoms with Gasteiger partial charge < -0.3 is 15.4 Å². The Morgan fingerprint density at radius 3 is 2.93 bits per heavy atom. The van der Waals surface area contributed by atoms with Crippen LogP contribution in [0.25, 0.3) is 5.82 Å². The van der Waals surface area contributed by atoms with E-state index in [-0.39, 0.29) is 24.2 Å². The molecule has 152 valence electrons. The molecule has 9 heteroatoms. The smallest absolute Gasteiger partial charge is 0.315 e. The van der Waals surface area contributed by atoms with Crippen LogP contribution in [-0.4, -0.2) is 43.0 Å². The molecule has 2 amide bonds.